The van der Waals surface area contributed by atoms with Crippen LogP contribution < -0.4 is 10.6 Å². The zero-order valence-electron chi connectivity index (χ0n) is 13.7. The summed E-state index contributed by atoms with van der Waals surface area (Å²) in [6, 6.07) is 0. The van der Waals surface area contributed by atoms with Crippen LogP contribution in [0, 0.1) is 6.92 Å². The lowest BCUT2D eigenvalue weighted by molar-refractivity contribution is -0.0168. The van der Waals surface area contributed by atoms with Crippen molar-refractivity contribution in [3.63, 3.8) is 0 Å². The summed E-state index contributed by atoms with van der Waals surface area (Å²) in [7, 11) is 0. The van der Waals surface area contributed by atoms with E-state index in [9.17, 15) is 4.79 Å². The highest BCUT2D eigenvalue weighted by molar-refractivity contribution is 5.95. The van der Waals surface area contributed by atoms with E-state index in [0.29, 0.717) is 31.8 Å². The normalized spacial score (nSPS) is 22.3. The van der Waals surface area contributed by atoms with Crippen LogP contribution in [0.25, 0.3) is 0 Å². The average molecular weight is 319 g/mol. The Morgan fingerprint density at radius 3 is 2.83 bits per heavy atom. The molecule has 0 spiro atoms. The molecule has 1 aromatic rings. The van der Waals surface area contributed by atoms with Crippen LogP contribution in [0.5, 0.6) is 0 Å². The minimum absolute atomic E-state index is 0.0329. The van der Waals surface area contributed by atoms with Crippen LogP contribution in [-0.2, 0) is 4.74 Å². The van der Waals surface area contributed by atoms with E-state index in [-0.39, 0.29) is 12.0 Å². The van der Waals surface area contributed by atoms with Crippen molar-refractivity contribution in [1.82, 2.24) is 14.9 Å². The quantitative estimate of drug-likeness (QED) is 0.877. The van der Waals surface area contributed by atoms with Gasteiger partial charge in [-0.05, 0) is 26.2 Å². The SMILES string of the molecule is Cc1nc(N2CCCCC2)ncc1C(=O)N1CCO[C@H](CN)C1. The molecule has 3 heterocycles. The number of nitrogens with zero attached hydrogens (tertiary/aromatic N) is 4. The van der Waals surface area contributed by atoms with Gasteiger partial charge < -0.3 is 20.3 Å². The summed E-state index contributed by atoms with van der Waals surface area (Å²) in [6.45, 7) is 5.93. The van der Waals surface area contributed by atoms with E-state index >= 15 is 0 Å². The number of aromatic nitrogens is 2. The summed E-state index contributed by atoms with van der Waals surface area (Å²) >= 11 is 0. The number of anilines is 1. The van der Waals surface area contributed by atoms with Crippen molar-refractivity contribution in [3.8, 4) is 0 Å². The zero-order valence-corrected chi connectivity index (χ0v) is 13.7. The average Bonchev–Trinajstić information content (AvgIpc) is 2.62. The highest BCUT2D eigenvalue weighted by Crippen LogP contribution is 2.18. The van der Waals surface area contributed by atoms with Crippen LogP contribution in [0.1, 0.15) is 35.3 Å². The van der Waals surface area contributed by atoms with E-state index in [4.69, 9.17) is 10.5 Å². The molecule has 0 unspecified atom stereocenters. The monoisotopic (exact) mass is 319 g/mol. The molecular weight excluding hydrogens is 294 g/mol. The molecule has 0 saturated carbocycles. The number of nitrogens with two attached hydrogens (primary N) is 1. The van der Waals surface area contributed by atoms with E-state index in [0.717, 1.165) is 24.7 Å². The number of amides is 1. The lowest BCUT2D eigenvalue weighted by Gasteiger charge is -2.32. The minimum Gasteiger partial charge on any atom is -0.373 e. The van der Waals surface area contributed by atoms with Crippen molar-refractivity contribution in [3.05, 3.63) is 17.5 Å². The van der Waals surface area contributed by atoms with Crippen molar-refractivity contribution in [2.45, 2.75) is 32.3 Å². The molecule has 2 aliphatic heterocycles. The largest absolute Gasteiger partial charge is 0.373 e. The number of ether oxygens (including phenoxy) is 1. The molecule has 7 heteroatoms. The molecule has 0 aliphatic carbocycles. The second kappa shape index (κ2) is 7.23. The molecule has 2 saturated heterocycles. The Labute approximate surface area is 136 Å². The zero-order chi connectivity index (χ0) is 16.2. The van der Waals surface area contributed by atoms with Crippen LogP contribution in [-0.4, -0.2) is 66.2 Å². The Morgan fingerprint density at radius 2 is 2.13 bits per heavy atom. The number of morpholine rings is 1. The molecule has 0 aromatic carbocycles. The first-order chi connectivity index (χ1) is 11.2. The summed E-state index contributed by atoms with van der Waals surface area (Å²) < 4.78 is 5.52. The maximum absolute atomic E-state index is 12.7. The van der Waals surface area contributed by atoms with Gasteiger partial charge in [0, 0.05) is 38.9 Å². The van der Waals surface area contributed by atoms with Gasteiger partial charge in [-0.15, -0.1) is 0 Å². The number of carbonyl (C=O) groups excluding carboxylic acids is 1. The Kier molecular flexibility index (Phi) is 5.07. The van der Waals surface area contributed by atoms with Gasteiger partial charge in [0.1, 0.15) is 0 Å². The summed E-state index contributed by atoms with van der Waals surface area (Å²) in [6.07, 6.45) is 5.21. The topological polar surface area (TPSA) is 84.6 Å². The third kappa shape index (κ3) is 3.61. The first-order valence-electron chi connectivity index (χ1n) is 8.38. The van der Waals surface area contributed by atoms with E-state index < -0.39 is 0 Å². The molecule has 23 heavy (non-hydrogen) atoms. The Hall–Kier alpha value is -1.73. The smallest absolute Gasteiger partial charge is 0.257 e. The predicted molar refractivity (Wildman–Crippen MR) is 87.5 cm³/mol. The molecule has 2 N–H and O–H groups in total. The van der Waals surface area contributed by atoms with Gasteiger partial charge in [-0.1, -0.05) is 0 Å². The highest BCUT2D eigenvalue weighted by atomic mass is 16.5. The van der Waals surface area contributed by atoms with E-state index in [1.165, 1.54) is 19.3 Å². The Morgan fingerprint density at radius 1 is 1.35 bits per heavy atom. The third-order valence-electron chi connectivity index (χ3n) is 4.52. The van der Waals surface area contributed by atoms with Crippen LogP contribution in [0.3, 0.4) is 0 Å². The first kappa shape index (κ1) is 16.1. The van der Waals surface area contributed by atoms with Crippen molar-refractivity contribution in [2.24, 2.45) is 5.73 Å². The van der Waals surface area contributed by atoms with Crippen LogP contribution in [0.15, 0.2) is 6.20 Å². The first-order valence-corrected chi connectivity index (χ1v) is 8.38. The summed E-state index contributed by atoms with van der Waals surface area (Å²) in [5.74, 6) is 0.704. The second-order valence-corrected chi connectivity index (χ2v) is 6.20. The number of rotatable bonds is 3. The second-order valence-electron chi connectivity index (χ2n) is 6.20. The van der Waals surface area contributed by atoms with E-state index in [1.54, 1.807) is 11.1 Å². The number of hydrogen-bond donors (Lipinski definition) is 1. The molecule has 2 aliphatic rings. The number of piperidine rings is 1. The molecular formula is C16H25N5O2. The third-order valence-corrected chi connectivity index (χ3v) is 4.52. The summed E-state index contributed by atoms with van der Waals surface area (Å²) in [5, 5.41) is 0. The maximum Gasteiger partial charge on any atom is 0.257 e. The molecule has 1 atom stereocenters. The molecule has 2 fully saturated rings. The maximum atomic E-state index is 12.7. The molecule has 0 bridgehead atoms. The fraction of sp³-hybridized carbons (Fsp3) is 0.688. The van der Waals surface area contributed by atoms with Gasteiger partial charge in [-0.2, -0.15) is 0 Å². The van der Waals surface area contributed by atoms with E-state index in [2.05, 4.69) is 14.9 Å². The fourth-order valence-electron chi connectivity index (χ4n) is 3.13. The Bertz CT molecular complexity index is 559. The van der Waals surface area contributed by atoms with E-state index in [1.807, 2.05) is 6.92 Å². The summed E-state index contributed by atoms with van der Waals surface area (Å²) in [4.78, 5) is 25.7. The van der Waals surface area contributed by atoms with Gasteiger partial charge in [0.05, 0.1) is 24.0 Å². The van der Waals surface area contributed by atoms with Crippen molar-refractivity contribution in [2.75, 3.05) is 44.2 Å². The highest BCUT2D eigenvalue weighted by Gasteiger charge is 2.26. The van der Waals surface area contributed by atoms with Crippen LogP contribution in [0.4, 0.5) is 5.95 Å². The molecule has 0 radical (unpaired) electrons. The molecule has 7 nitrogen and oxygen atoms in total. The molecule has 1 amide bonds. The summed E-state index contributed by atoms with van der Waals surface area (Å²) in [5.41, 5.74) is 6.95. The minimum atomic E-state index is -0.0819. The van der Waals surface area contributed by atoms with Crippen LogP contribution >= 0.6 is 0 Å². The van der Waals surface area contributed by atoms with Gasteiger partial charge in [-0.25, -0.2) is 9.97 Å². The lowest BCUT2D eigenvalue weighted by Crippen LogP contribution is -2.48. The lowest BCUT2D eigenvalue weighted by atomic mass is 10.1. The van der Waals surface area contributed by atoms with Gasteiger partial charge in [0.25, 0.3) is 5.91 Å². The standard InChI is InChI=1S/C16H25N5O2/c1-12-14(15(22)21-7-8-23-13(9-17)11-21)10-18-16(19-12)20-5-3-2-4-6-20/h10,13H,2-9,11,17H2,1H3/t13-/m1/s1. The molecule has 3 rings (SSSR count). The number of hydrogen-bond acceptors (Lipinski definition) is 6. The Balaban J connectivity index is 1.73. The van der Waals surface area contributed by atoms with Gasteiger partial charge in [-0.3, -0.25) is 4.79 Å². The molecule has 1 aromatic heterocycles. The predicted octanol–water partition coefficient (Wildman–Crippen LogP) is 0.575. The fourth-order valence-corrected chi connectivity index (χ4v) is 3.13. The van der Waals surface area contributed by atoms with Gasteiger partial charge in [0.15, 0.2) is 0 Å². The number of carbonyl (C=O) groups is 1. The van der Waals surface area contributed by atoms with Crippen molar-refractivity contribution >= 4 is 11.9 Å². The van der Waals surface area contributed by atoms with Crippen molar-refractivity contribution < 1.29 is 9.53 Å². The molecule has 126 valence electrons. The van der Waals surface area contributed by atoms with Crippen LogP contribution in [0.2, 0.25) is 0 Å². The van der Waals surface area contributed by atoms with Gasteiger partial charge in [0.2, 0.25) is 5.95 Å². The van der Waals surface area contributed by atoms with Crippen molar-refractivity contribution in [1.29, 1.82) is 0 Å². The van der Waals surface area contributed by atoms with Gasteiger partial charge >= 0.3 is 0 Å². The number of aryl methyl sites for hydroxylation is 1.